The van der Waals surface area contributed by atoms with Gasteiger partial charge >= 0.3 is 0 Å². The molecule has 3 heterocycles. The van der Waals surface area contributed by atoms with E-state index in [0.717, 1.165) is 12.0 Å². The molecular formula is C13H13ClN2O2S2. The lowest BCUT2D eigenvalue weighted by atomic mass is 10.0. The minimum Gasteiger partial charge on any atom is -0.263 e. The van der Waals surface area contributed by atoms with E-state index in [9.17, 15) is 8.42 Å². The summed E-state index contributed by atoms with van der Waals surface area (Å²) in [6.45, 7) is 2.38. The van der Waals surface area contributed by atoms with E-state index in [0.29, 0.717) is 6.54 Å². The number of pyridine rings is 1. The van der Waals surface area contributed by atoms with Crippen molar-refractivity contribution in [1.82, 2.24) is 9.29 Å². The molecule has 0 N–H and O–H groups in total. The number of hydrogen-bond acceptors (Lipinski definition) is 4. The molecule has 20 heavy (non-hydrogen) atoms. The number of fused-ring (bicyclic) bond motifs is 1. The Bertz CT molecular complexity index is 742. The summed E-state index contributed by atoms with van der Waals surface area (Å²) in [7, 11) is -3.62. The van der Waals surface area contributed by atoms with Crippen LogP contribution < -0.4 is 0 Å². The monoisotopic (exact) mass is 328 g/mol. The fraction of sp³-hybridized carbons (Fsp3) is 0.308. The molecule has 0 fully saturated rings. The van der Waals surface area contributed by atoms with Crippen molar-refractivity contribution in [3.05, 3.63) is 45.4 Å². The first kappa shape index (κ1) is 14.0. The van der Waals surface area contributed by atoms with Gasteiger partial charge in [-0.1, -0.05) is 11.6 Å². The van der Waals surface area contributed by atoms with Gasteiger partial charge in [-0.2, -0.15) is 4.31 Å². The van der Waals surface area contributed by atoms with Gasteiger partial charge in [0.15, 0.2) is 0 Å². The summed E-state index contributed by atoms with van der Waals surface area (Å²) < 4.78 is 27.0. The van der Waals surface area contributed by atoms with Crippen molar-refractivity contribution in [3.63, 3.8) is 0 Å². The van der Waals surface area contributed by atoms with Crippen LogP contribution in [0.15, 0.2) is 34.8 Å². The van der Waals surface area contributed by atoms with E-state index in [1.807, 2.05) is 18.4 Å². The third kappa shape index (κ3) is 2.16. The highest BCUT2D eigenvalue weighted by molar-refractivity contribution is 7.89. The Kier molecular flexibility index (Phi) is 3.58. The molecule has 1 atom stereocenters. The SMILES string of the molecule is CC1c2ccsc2CCN1S(=O)(=O)c1cnccc1Cl. The van der Waals surface area contributed by atoms with E-state index in [2.05, 4.69) is 4.98 Å². The minimum absolute atomic E-state index is 0.0761. The number of nitrogens with zero attached hydrogens (tertiary/aromatic N) is 2. The molecule has 0 bridgehead atoms. The normalized spacial score (nSPS) is 19.8. The van der Waals surface area contributed by atoms with Gasteiger partial charge in [0.2, 0.25) is 10.0 Å². The molecule has 7 heteroatoms. The number of hydrogen-bond donors (Lipinski definition) is 0. The predicted octanol–water partition coefficient (Wildman–Crippen LogP) is 3.10. The number of halogens is 1. The summed E-state index contributed by atoms with van der Waals surface area (Å²) >= 11 is 7.69. The molecule has 2 aromatic rings. The quantitative estimate of drug-likeness (QED) is 0.851. The molecule has 106 valence electrons. The van der Waals surface area contributed by atoms with Crippen molar-refractivity contribution in [1.29, 1.82) is 0 Å². The van der Waals surface area contributed by atoms with Gasteiger partial charge in [0.1, 0.15) is 4.90 Å². The first-order chi connectivity index (χ1) is 9.51. The van der Waals surface area contributed by atoms with Gasteiger partial charge in [-0.05, 0) is 36.4 Å². The molecule has 0 aromatic carbocycles. The van der Waals surface area contributed by atoms with Crippen LogP contribution in [0.1, 0.15) is 23.4 Å². The molecular weight excluding hydrogens is 316 g/mol. The first-order valence-corrected chi connectivity index (χ1v) is 8.89. The summed E-state index contributed by atoms with van der Waals surface area (Å²) in [6, 6.07) is 3.32. The number of aromatic nitrogens is 1. The molecule has 4 nitrogen and oxygen atoms in total. The van der Waals surface area contributed by atoms with Crippen LogP contribution in [-0.2, 0) is 16.4 Å². The standard InChI is InChI=1S/C13H13ClN2O2S2/c1-9-10-4-7-19-12(10)3-6-16(9)20(17,18)13-8-15-5-2-11(13)14/h2,4-5,7-9H,3,6H2,1H3. The average molecular weight is 329 g/mol. The van der Waals surface area contributed by atoms with E-state index >= 15 is 0 Å². The van der Waals surface area contributed by atoms with Crippen LogP contribution in [0.4, 0.5) is 0 Å². The zero-order chi connectivity index (χ0) is 14.3. The molecule has 1 aliphatic heterocycles. The van der Waals surface area contributed by atoms with Crippen molar-refractivity contribution in [2.45, 2.75) is 24.3 Å². The fourth-order valence-corrected chi connectivity index (χ4v) is 5.48. The summed E-state index contributed by atoms with van der Waals surface area (Å²) in [5, 5.41) is 2.22. The summed E-state index contributed by atoms with van der Waals surface area (Å²) in [6.07, 6.45) is 3.54. The largest absolute Gasteiger partial charge is 0.263 e. The van der Waals surface area contributed by atoms with Crippen molar-refractivity contribution in [3.8, 4) is 0 Å². The van der Waals surface area contributed by atoms with Crippen LogP contribution >= 0.6 is 22.9 Å². The molecule has 0 spiro atoms. The van der Waals surface area contributed by atoms with E-state index in [1.165, 1.54) is 27.6 Å². The second kappa shape index (κ2) is 5.11. The highest BCUT2D eigenvalue weighted by Gasteiger charge is 2.35. The van der Waals surface area contributed by atoms with Crippen LogP contribution in [0.2, 0.25) is 5.02 Å². The van der Waals surface area contributed by atoms with Gasteiger partial charge in [-0.25, -0.2) is 8.42 Å². The van der Waals surface area contributed by atoms with Gasteiger partial charge in [0, 0.05) is 29.9 Å². The van der Waals surface area contributed by atoms with Crippen LogP contribution in [0, 0.1) is 0 Å². The maximum absolute atomic E-state index is 12.8. The smallest absolute Gasteiger partial charge is 0.246 e. The third-order valence-electron chi connectivity index (χ3n) is 3.54. The Morgan fingerprint density at radius 3 is 3.00 bits per heavy atom. The molecule has 1 aliphatic rings. The average Bonchev–Trinajstić information content (AvgIpc) is 2.88. The third-order valence-corrected chi connectivity index (χ3v) is 6.98. The van der Waals surface area contributed by atoms with Gasteiger partial charge in [0.05, 0.1) is 5.02 Å². The van der Waals surface area contributed by atoms with Gasteiger partial charge in [-0.15, -0.1) is 11.3 Å². The molecule has 0 radical (unpaired) electrons. The Morgan fingerprint density at radius 1 is 1.45 bits per heavy atom. The molecule has 1 unspecified atom stereocenters. The second-order valence-electron chi connectivity index (χ2n) is 4.65. The topological polar surface area (TPSA) is 50.3 Å². The van der Waals surface area contributed by atoms with E-state index in [4.69, 9.17) is 11.6 Å². The van der Waals surface area contributed by atoms with Crippen LogP contribution in [0.25, 0.3) is 0 Å². The Labute approximate surface area is 127 Å². The van der Waals surface area contributed by atoms with Crippen LogP contribution in [0.5, 0.6) is 0 Å². The maximum Gasteiger partial charge on any atom is 0.246 e. The molecule has 2 aromatic heterocycles. The zero-order valence-corrected chi connectivity index (χ0v) is 13.2. The number of sulfonamides is 1. The number of rotatable bonds is 2. The maximum atomic E-state index is 12.8. The van der Waals surface area contributed by atoms with Gasteiger partial charge in [-0.3, -0.25) is 4.98 Å². The van der Waals surface area contributed by atoms with E-state index in [-0.39, 0.29) is 16.0 Å². The van der Waals surface area contributed by atoms with Crippen molar-refractivity contribution in [2.75, 3.05) is 6.54 Å². The van der Waals surface area contributed by atoms with E-state index < -0.39 is 10.0 Å². The van der Waals surface area contributed by atoms with Crippen LogP contribution in [-0.4, -0.2) is 24.3 Å². The fourth-order valence-electron chi connectivity index (χ4n) is 2.49. The lowest BCUT2D eigenvalue weighted by Gasteiger charge is -2.32. The Hall–Kier alpha value is -0.950. The minimum atomic E-state index is -3.62. The van der Waals surface area contributed by atoms with Gasteiger partial charge in [0.25, 0.3) is 0 Å². The van der Waals surface area contributed by atoms with E-state index in [1.54, 1.807) is 11.3 Å². The lowest BCUT2D eigenvalue weighted by molar-refractivity contribution is 0.329. The summed E-state index contributed by atoms with van der Waals surface area (Å²) in [5.41, 5.74) is 1.09. The molecule has 0 saturated heterocycles. The molecule has 0 amide bonds. The molecule has 0 saturated carbocycles. The van der Waals surface area contributed by atoms with Crippen molar-refractivity contribution >= 4 is 33.0 Å². The summed E-state index contributed by atoms with van der Waals surface area (Å²) in [5.74, 6) is 0. The predicted molar refractivity (Wildman–Crippen MR) is 79.6 cm³/mol. The Balaban J connectivity index is 2.04. The number of thiophene rings is 1. The van der Waals surface area contributed by atoms with Crippen molar-refractivity contribution in [2.24, 2.45) is 0 Å². The summed E-state index contributed by atoms with van der Waals surface area (Å²) in [4.78, 5) is 5.22. The Morgan fingerprint density at radius 2 is 2.25 bits per heavy atom. The van der Waals surface area contributed by atoms with Crippen molar-refractivity contribution < 1.29 is 8.42 Å². The molecule has 0 aliphatic carbocycles. The lowest BCUT2D eigenvalue weighted by Crippen LogP contribution is -2.38. The van der Waals surface area contributed by atoms with Gasteiger partial charge < -0.3 is 0 Å². The highest BCUT2D eigenvalue weighted by Crippen LogP contribution is 2.37. The highest BCUT2D eigenvalue weighted by atomic mass is 35.5. The zero-order valence-electron chi connectivity index (χ0n) is 10.8. The molecule has 3 rings (SSSR count). The first-order valence-electron chi connectivity index (χ1n) is 6.19. The van der Waals surface area contributed by atoms with Crippen LogP contribution in [0.3, 0.4) is 0 Å². The second-order valence-corrected chi connectivity index (χ2v) is 7.91.